The van der Waals surface area contributed by atoms with Crippen molar-refractivity contribution in [2.24, 2.45) is 0 Å². The Hall–Kier alpha value is -0.980. The number of nitrogens with one attached hydrogen (secondary N) is 1. The maximum absolute atomic E-state index is 3.06. The molecule has 0 bridgehead atoms. The van der Waals surface area contributed by atoms with Crippen molar-refractivity contribution in [1.82, 2.24) is 0 Å². The SMILES string of the molecule is C[CH+]c1cccc[nH+]1. The summed E-state index contributed by atoms with van der Waals surface area (Å²) in [6, 6.07) is 6.00. The maximum atomic E-state index is 3.06. The molecule has 0 fully saturated rings. The highest BCUT2D eigenvalue weighted by Crippen LogP contribution is 1.88. The predicted octanol–water partition coefficient (Wildman–Crippen LogP) is 1.07. The number of aromatic nitrogens is 1. The van der Waals surface area contributed by atoms with Crippen LogP contribution in [0.5, 0.6) is 0 Å². The van der Waals surface area contributed by atoms with Gasteiger partial charge in [-0.1, -0.05) is 0 Å². The molecule has 0 unspecified atom stereocenters. The van der Waals surface area contributed by atoms with Crippen LogP contribution in [0.1, 0.15) is 12.6 Å². The van der Waals surface area contributed by atoms with Crippen LogP contribution in [-0.2, 0) is 0 Å². The second kappa shape index (κ2) is 2.36. The van der Waals surface area contributed by atoms with Crippen molar-refractivity contribution in [2.45, 2.75) is 6.92 Å². The molecule has 0 saturated heterocycles. The normalized spacial score (nSPS) is 8.62. The molecule has 0 aliphatic carbocycles. The van der Waals surface area contributed by atoms with Crippen LogP contribution in [0, 0.1) is 6.42 Å². The Kier molecular flexibility index (Phi) is 1.52. The smallest absolute Gasteiger partial charge is 0.177 e. The minimum absolute atomic E-state index is 1.16. The summed E-state index contributed by atoms with van der Waals surface area (Å²) >= 11 is 0. The van der Waals surface area contributed by atoms with Gasteiger partial charge in [-0.3, -0.25) is 0 Å². The third-order valence-electron chi connectivity index (χ3n) is 1.04. The lowest BCUT2D eigenvalue weighted by Crippen LogP contribution is -2.05. The molecule has 8 heavy (non-hydrogen) atoms. The number of rotatable bonds is 1. The van der Waals surface area contributed by atoms with E-state index in [0.717, 1.165) is 5.69 Å². The Balaban J connectivity index is 2.83. The number of H-pyrrole nitrogens is 1. The first-order chi connectivity index (χ1) is 3.93. The largest absolute Gasteiger partial charge is 0.355 e. The first kappa shape index (κ1) is 5.16. The number of hydrogen-bond donors (Lipinski definition) is 0. The van der Waals surface area contributed by atoms with E-state index in [0.29, 0.717) is 0 Å². The van der Waals surface area contributed by atoms with E-state index in [4.69, 9.17) is 0 Å². The van der Waals surface area contributed by atoms with Gasteiger partial charge in [0.2, 0.25) is 0 Å². The fourth-order valence-corrected chi connectivity index (χ4v) is 0.587. The lowest BCUT2D eigenvalue weighted by atomic mass is 10.3. The van der Waals surface area contributed by atoms with E-state index in [-0.39, 0.29) is 0 Å². The lowest BCUT2D eigenvalue weighted by molar-refractivity contribution is -0.385. The van der Waals surface area contributed by atoms with Gasteiger partial charge in [0.1, 0.15) is 12.5 Å². The zero-order valence-corrected chi connectivity index (χ0v) is 4.89. The minimum atomic E-state index is 1.16. The van der Waals surface area contributed by atoms with Gasteiger partial charge in [-0.25, -0.2) is 0 Å². The van der Waals surface area contributed by atoms with Crippen LogP contribution in [0.15, 0.2) is 24.4 Å². The Morgan fingerprint density at radius 1 is 1.50 bits per heavy atom. The molecule has 0 amide bonds. The molecule has 0 radical (unpaired) electrons. The summed E-state index contributed by atoms with van der Waals surface area (Å²) in [6.45, 7) is 2.01. The average Bonchev–Trinajstić information content (AvgIpc) is 1.90. The number of hydrogen-bond acceptors (Lipinski definition) is 0. The summed E-state index contributed by atoms with van der Waals surface area (Å²) in [4.78, 5) is 3.06. The van der Waals surface area contributed by atoms with E-state index in [9.17, 15) is 0 Å². The quantitative estimate of drug-likeness (QED) is 0.477. The van der Waals surface area contributed by atoms with E-state index >= 15 is 0 Å². The van der Waals surface area contributed by atoms with Crippen molar-refractivity contribution in [3.05, 3.63) is 36.5 Å². The highest BCUT2D eigenvalue weighted by molar-refractivity contribution is 5.03. The van der Waals surface area contributed by atoms with Crippen molar-refractivity contribution >= 4 is 0 Å². The molecule has 40 valence electrons. The summed E-state index contributed by atoms with van der Waals surface area (Å²) in [5.74, 6) is 0. The molecule has 0 aliphatic heterocycles. The zero-order valence-electron chi connectivity index (χ0n) is 4.89. The molecule has 0 saturated carbocycles. The first-order valence-electron chi connectivity index (χ1n) is 2.69. The molecule has 1 heterocycles. The molecule has 1 aromatic rings. The Labute approximate surface area is 49.4 Å². The minimum Gasteiger partial charge on any atom is -0.177 e. The standard InChI is InChI=1S/C7H8N/c1-2-7-5-3-4-6-8-7/h2-6H,1H3/q+1/p+1. The molecular weight excluding hydrogens is 98.1 g/mol. The second-order valence-corrected chi connectivity index (χ2v) is 1.61. The Morgan fingerprint density at radius 3 is 2.75 bits per heavy atom. The average molecular weight is 107 g/mol. The van der Waals surface area contributed by atoms with Gasteiger partial charge in [-0.05, 0) is 0 Å². The van der Waals surface area contributed by atoms with E-state index < -0.39 is 0 Å². The molecule has 1 aromatic heterocycles. The molecule has 1 heteroatoms. The van der Waals surface area contributed by atoms with Gasteiger partial charge in [0.05, 0.1) is 0 Å². The van der Waals surface area contributed by atoms with Gasteiger partial charge in [0, 0.05) is 19.1 Å². The van der Waals surface area contributed by atoms with Crippen molar-refractivity contribution in [3.8, 4) is 0 Å². The summed E-state index contributed by atoms with van der Waals surface area (Å²) in [7, 11) is 0. The van der Waals surface area contributed by atoms with E-state index in [1.807, 2.05) is 37.7 Å². The Bertz CT molecular complexity index is 146. The van der Waals surface area contributed by atoms with Gasteiger partial charge < -0.3 is 0 Å². The zero-order chi connectivity index (χ0) is 5.82. The van der Waals surface area contributed by atoms with Crippen molar-refractivity contribution < 1.29 is 4.98 Å². The van der Waals surface area contributed by atoms with Crippen LogP contribution in [-0.4, -0.2) is 0 Å². The van der Waals surface area contributed by atoms with Gasteiger partial charge in [0.15, 0.2) is 6.20 Å². The van der Waals surface area contributed by atoms with Crippen LogP contribution >= 0.6 is 0 Å². The highest BCUT2D eigenvalue weighted by Gasteiger charge is 2.00. The van der Waals surface area contributed by atoms with E-state index in [2.05, 4.69) is 4.98 Å². The van der Waals surface area contributed by atoms with Gasteiger partial charge in [0.25, 0.3) is 0 Å². The van der Waals surface area contributed by atoms with Crippen LogP contribution in [0.2, 0.25) is 0 Å². The van der Waals surface area contributed by atoms with Gasteiger partial charge in [-0.2, -0.15) is 4.98 Å². The molecule has 1 rings (SSSR count). The first-order valence-corrected chi connectivity index (χ1v) is 2.69. The van der Waals surface area contributed by atoms with Crippen molar-refractivity contribution in [2.75, 3.05) is 0 Å². The molecule has 1 nitrogen and oxygen atoms in total. The van der Waals surface area contributed by atoms with Crippen LogP contribution < -0.4 is 4.98 Å². The van der Waals surface area contributed by atoms with Crippen molar-refractivity contribution in [3.63, 3.8) is 0 Å². The maximum Gasteiger partial charge on any atom is 0.355 e. The fourth-order valence-electron chi connectivity index (χ4n) is 0.587. The van der Waals surface area contributed by atoms with Crippen LogP contribution in [0.4, 0.5) is 0 Å². The van der Waals surface area contributed by atoms with E-state index in [1.54, 1.807) is 0 Å². The molecule has 0 aromatic carbocycles. The number of aromatic amines is 1. The van der Waals surface area contributed by atoms with Crippen LogP contribution in [0.3, 0.4) is 0 Å². The summed E-state index contributed by atoms with van der Waals surface area (Å²) < 4.78 is 0. The summed E-state index contributed by atoms with van der Waals surface area (Å²) in [5, 5.41) is 0. The third kappa shape index (κ3) is 0.997. The summed E-state index contributed by atoms with van der Waals surface area (Å²) in [6.07, 6.45) is 3.94. The monoisotopic (exact) mass is 107 g/mol. The van der Waals surface area contributed by atoms with E-state index in [1.165, 1.54) is 0 Å². The molecule has 0 atom stereocenters. The third-order valence-corrected chi connectivity index (χ3v) is 1.04. The molecule has 0 spiro atoms. The summed E-state index contributed by atoms with van der Waals surface area (Å²) in [5.41, 5.74) is 1.16. The van der Waals surface area contributed by atoms with Crippen molar-refractivity contribution in [1.29, 1.82) is 0 Å². The highest BCUT2D eigenvalue weighted by atomic mass is 14.6. The molecular formula is C7H9N+2. The Morgan fingerprint density at radius 2 is 2.38 bits per heavy atom. The fraction of sp³-hybridized carbons (Fsp3) is 0.143. The molecule has 1 N–H and O–H groups in total. The predicted molar refractivity (Wildman–Crippen MR) is 32.1 cm³/mol. The number of pyridine rings is 1. The second-order valence-electron chi connectivity index (χ2n) is 1.61. The topological polar surface area (TPSA) is 14.1 Å². The van der Waals surface area contributed by atoms with Gasteiger partial charge in [-0.15, -0.1) is 0 Å². The lowest BCUT2D eigenvalue weighted by Gasteiger charge is -1.71. The molecule has 0 aliphatic rings. The van der Waals surface area contributed by atoms with Crippen LogP contribution in [0.25, 0.3) is 0 Å². The van der Waals surface area contributed by atoms with Gasteiger partial charge >= 0.3 is 5.69 Å².